The molecule has 3 rings (SSSR count). The fourth-order valence-electron chi connectivity index (χ4n) is 4.10. The molecule has 0 saturated heterocycles. The maximum Gasteiger partial charge on any atom is 0.0459 e. The number of aryl methyl sites for hydroxylation is 1. The summed E-state index contributed by atoms with van der Waals surface area (Å²) in [7, 11) is 0. The number of nitrogens with two attached hydrogens (primary N) is 1. The molecule has 0 radical (unpaired) electrons. The third-order valence-electron chi connectivity index (χ3n) is 5.29. The summed E-state index contributed by atoms with van der Waals surface area (Å²) in [4.78, 5) is 3.51. The fraction of sp³-hybridized carbons (Fsp3) is 0.556. The molecule has 0 bridgehead atoms. The minimum Gasteiger partial charge on any atom is -0.396 e. The molecule has 1 unspecified atom stereocenters. The normalized spacial score (nSPS) is 24.3. The Morgan fingerprint density at radius 2 is 1.95 bits per heavy atom. The van der Waals surface area contributed by atoms with Crippen LogP contribution in [0.25, 0.3) is 10.9 Å². The fourth-order valence-corrected chi connectivity index (χ4v) is 4.10. The van der Waals surface area contributed by atoms with Gasteiger partial charge < -0.3 is 15.8 Å². The summed E-state index contributed by atoms with van der Waals surface area (Å²) >= 11 is 0. The summed E-state index contributed by atoms with van der Waals surface area (Å²) in [6.45, 7) is 3.21. The lowest BCUT2D eigenvalue weighted by Crippen LogP contribution is -2.27. The SMILES string of the molecule is Cc1[nH]c2ccccc2c1C(CN)C1CCC(CO)CC1. The Morgan fingerprint density at radius 1 is 1.24 bits per heavy atom. The number of hydrogen-bond donors (Lipinski definition) is 3. The molecule has 21 heavy (non-hydrogen) atoms. The summed E-state index contributed by atoms with van der Waals surface area (Å²) < 4.78 is 0. The van der Waals surface area contributed by atoms with Gasteiger partial charge in [0, 0.05) is 29.1 Å². The topological polar surface area (TPSA) is 62.0 Å². The molecular formula is C18H26N2O. The first-order chi connectivity index (χ1) is 10.2. The van der Waals surface area contributed by atoms with Gasteiger partial charge in [-0.15, -0.1) is 0 Å². The van der Waals surface area contributed by atoms with Crippen molar-refractivity contribution in [2.75, 3.05) is 13.2 Å². The second kappa shape index (κ2) is 6.20. The van der Waals surface area contributed by atoms with Crippen LogP contribution in [0.15, 0.2) is 24.3 Å². The van der Waals surface area contributed by atoms with Gasteiger partial charge in [0.2, 0.25) is 0 Å². The zero-order chi connectivity index (χ0) is 14.8. The minimum atomic E-state index is 0.339. The van der Waals surface area contributed by atoms with Gasteiger partial charge >= 0.3 is 0 Å². The van der Waals surface area contributed by atoms with Gasteiger partial charge in [-0.1, -0.05) is 18.2 Å². The predicted molar refractivity (Wildman–Crippen MR) is 87.4 cm³/mol. The van der Waals surface area contributed by atoms with Crippen LogP contribution in [-0.2, 0) is 0 Å². The Kier molecular flexibility index (Phi) is 4.32. The first-order valence-electron chi connectivity index (χ1n) is 8.12. The van der Waals surface area contributed by atoms with Crippen LogP contribution in [0.1, 0.15) is 42.9 Å². The number of aliphatic hydroxyl groups excluding tert-OH is 1. The third kappa shape index (κ3) is 2.72. The molecule has 1 heterocycles. The summed E-state index contributed by atoms with van der Waals surface area (Å²) in [5, 5.41) is 10.6. The van der Waals surface area contributed by atoms with Crippen LogP contribution >= 0.6 is 0 Å². The molecule has 1 fully saturated rings. The quantitative estimate of drug-likeness (QED) is 0.807. The second-order valence-electron chi connectivity index (χ2n) is 6.51. The maximum absolute atomic E-state index is 9.31. The van der Waals surface area contributed by atoms with E-state index in [0.717, 1.165) is 12.8 Å². The third-order valence-corrected chi connectivity index (χ3v) is 5.29. The van der Waals surface area contributed by atoms with E-state index in [1.54, 1.807) is 0 Å². The van der Waals surface area contributed by atoms with Gasteiger partial charge in [-0.2, -0.15) is 0 Å². The largest absolute Gasteiger partial charge is 0.396 e. The first-order valence-corrected chi connectivity index (χ1v) is 8.12. The van der Waals surface area contributed by atoms with Crippen LogP contribution in [0.5, 0.6) is 0 Å². The van der Waals surface area contributed by atoms with E-state index in [-0.39, 0.29) is 0 Å². The van der Waals surface area contributed by atoms with Crippen LogP contribution in [0.2, 0.25) is 0 Å². The lowest BCUT2D eigenvalue weighted by atomic mass is 9.73. The number of para-hydroxylation sites is 1. The monoisotopic (exact) mass is 286 g/mol. The van der Waals surface area contributed by atoms with E-state index in [1.807, 2.05) is 0 Å². The molecule has 1 saturated carbocycles. The summed E-state index contributed by atoms with van der Waals surface area (Å²) in [6, 6.07) is 8.53. The molecule has 0 amide bonds. The summed E-state index contributed by atoms with van der Waals surface area (Å²) in [6.07, 6.45) is 4.65. The Hall–Kier alpha value is -1.32. The molecule has 4 N–H and O–H groups in total. The molecule has 2 aromatic rings. The van der Waals surface area contributed by atoms with E-state index < -0.39 is 0 Å². The van der Waals surface area contributed by atoms with Crippen LogP contribution < -0.4 is 5.73 Å². The average molecular weight is 286 g/mol. The molecular weight excluding hydrogens is 260 g/mol. The van der Waals surface area contributed by atoms with Crippen molar-refractivity contribution in [2.24, 2.45) is 17.6 Å². The van der Waals surface area contributed by atoms with Crippen molar-refractivity contribution in [2.45, 2.75) is 38.5 Å². The molecule has 1 aromatic heterocycles. The molecule has 3 nitrogen and oxygen atoms in total. The number of fused-ring (bicyclic) bond motifs is 1. The molecule has 0 spiro atoms. The smallest absolute Gasteiger partial charge is 0.0459 e. The first kappa shape index (κ1) is 14.6. The molecule has 114 valence electrons. The molecule has 3 heteroatoms. The van der Waals surface area contributed by atoms with Gasteiger partial charge in [0.05, 0.1) is 0 Å². The van der Waals surface area contributed by atoms with Gasteiger partial charge in [0.15, 0.2) is 0 Å². The van der Waals surface area contributed by atoms with Crippen molar-refractivity contribution in [1.29, 1.82) is 0 Å². The van der Waals surface area contributed by atoms with E-state index in [0.29, 0.717) is 30.9 Å². The molecule has 1 aromatic carbocycles. The highest BCUT2D eigenvalue weighted by molar-refractivity contribution is 5.85. The number of benzene rings is 1. The number of rotatable bonds is 4. The Morgan fingerprint density at radius 3 is 2.62 bits per heavy atom. The second-order valence-corrected chi connectivity index (χ2v) is 6.51. The van der Waals surface area contributed by atoms with Gasteiger partial charge in [-0.25, -0.2) is 0 Å². The predicted octanol–water partition coefficient (Wildman–Crippen LogP) is 3.32. The Balaban J connectivity index is 1.90. The maximum atomic E-state index is 9.31. The number of hydrogen-bond acceptors (Lipinski definition) is 2. The van der Waals surface area contributed by atoms with Crippen molar-refractivity contribution in [1.82, 2.24) is 4.98 Å². The number of aliphatic hydroxyl groups is 1. The highest BCUT2D eigenvalue weighted by atomic mass is 16.3. The number of aromatic nitrogens is 1. The lowest BCUT2D eigenvalue weighted by molar-refractivity contribution is 0.158. The highest BCUT2D eigenvalue weighted by Gasteiger charge is 2.30. The standard InChI is InChI=1S/C18H26N2O/c1-12-18(15-4-2-3-5-17(15)20-12)16(10-19)14-8-6-13(11-21)7-9-14/h2-5,13-14,16,20-21H,6-11,19H2,1H3. The minimum absolute atomic E-state index is 0.339. The number of aromatic amines is 1. The average Bonchev–Trinajstić information content (AvgIpc) is 2.85. The zero-order valence-corrected chi connectivity index (χ0v) is 12.8. The van der Waals surface area contributed by atoms with Crippen LogP contribution in [0.3, 0.4) is 0 Å². The Labute approximate surface area is 126 Å². The lowest BCUT2D eigenvalue weighted by Gasteiger charge is -2.33. The Bertz CT molecular complexity index is 596. The van der Waals surface area contributed by atoms with Crippen LogP contribution in [0, 0.1) is 18.8 Å². The van der Waals surface area contributed by atoms with Crippen molar-refractivity contribution in [3.05, 3.63) is 35.5 Å². The molecule has 0 aliphatic heterocycles. The van der Waals surface area contributed by atoms with Gasteiger partial charge in [-0.05, 0) is 62.6 Å². The van der Waals surface area contributed by atoms with Crippen LogP contribution in [-0.4, -0.2) is 23.2 Å². The van der Waals surface area contributed by atoms with Crippen molar-refractivity contribution in [3.8, 4) is 0 Å². The zero-order valence-electron chi connectivity index (χ0n) is 12.8. The van der Waals surface area contributed by atoms with Crippen LogP contribution in [0.4, 0.5) is 0 Å². The number of H-pyrrole nitrogens is 1. The van der Waals surface area contributed by atoms with E-state index in [2.05, 4.69) is 36.2 Å². The van der Waals surface area contributed by atoms with E-state index in [1.165, 1.54) is 35.0 Å². The van der Waals surface area contributed by atoms with E-state index in [4.69, 9.17) is 5.73 Å². The van der Waals surface area contributed by atoms with E-state index in [9.17, 15) is 5.11 Å². The summed E-state index contributed by atoms with van der Waals surface area (Å²) in [5.74, 6) is 1.58. The van der Waals surface area contributed by atoms with Crippen molar-refractivity contribution < 1.29 is 5.11 Å². The molecule has 1 aliphatic rings. The van der Waals surface area contributed by atoms with Gasteiger partial charge in [-0.3, -0.25) is 0 Å². The summed E-state index contributed by atoms with van der Waals surface area (Å²) in [5.41, 5.74) is 10.1. The number of nitrogens with one attached hydrogen (secondary N) is 1. The molecule has 1 atom stereocenters. The van der Waals surface area contributed by atoms with Gasteiger partial charge in [0.25, 0.3) is 0 Å². The van der Waals surface area contributed by atoms with Crippen molar-refractivity contribution in [3.63, 3.8) is 0 Å². The molecule has 1 aliphatic carbocycles. The van der Waals surface area contributed by atoms with E-state index >= 15 is 0 Å². The highest BCUT2D eigenvalue weighted by Crippen LogP contribution is 2.41. The van der Waals surface area contributed by atoms with Gasteiger partial charge in [0.1, 0.15) is 0 Å². The van der Waals surface area contributed by atoms with Crippen molar-refractivity contribution >= 4 is 10.9 Å².